The van der Waals surface area contributed by atoms with Crippen LogP contribution in [0.5, 0.6) is 0 Å². The summed E-state index contributed by atoms with van der Waals surface area (Å²) in [5, 5.41) is 5.35. The zero-order chi connectivity index (χ0) is 13.0. The Morgan fingerprint density at radius 3 is 2.74 bits per heavy atom. The fourth-order valence-electron chi connectivity index (χ4n) is 2.29. The van der Waals surface area contributed by atoms with E-state index in [0.29, 0.717) is 18.4 Å². The molecule has 0 radical (unpaired) electrons. The molecule has 3 nitrogen and oxygen atoms in total. The maximum absolute atomic E-state index is 12.1. The number of carbonyl (C=O) groups is 1. The summed E-state index contributed by atoms with van der Waals surface area (Å²) in [5.74, 6) is 0.300. The van der Waals surface area contributed by atoms with E-state index in [-0.39, 0.29) is 12.4 Å². The van der Waals surface area contributed by atoms with Gasteiger partial charge in [0.15, 0.2) is 0 Å². The Balaban J connectivity index is 0.00000180. The molecule has 19 heavy (non-hydrogen) atoms. The quantitative estimate of drug-likeness (QED) is 0.887. The highest BCUT2D eigenvalue weighted by Crippen LogP contribution is 2.21. The predicted octanol–water partition coefficient (Wildman–Crippen LogP) is 3.08. The first-order valence-corrected chi connectivity index (χ1v) is 8.04. The predicted molar refractivity (Wildman–Crippen MR) is 86.2 cm³/mol. The number of aryl methyl sites for hydroxylation is 1. The zero-order valence-corrected chi connectivity index (χ0v) is 14.2. The third-order valence-corrected chi connectivity index (χ3v) is 5.22. The average Bonchev–Trinajstić information content (AvgIpc) is 2.82. The van der Waals surface area contributed by atoms with Gasteiger partial charge in [0.2, 0.25) is 5.91 Å². The van der Waals surface area contributed by atoms with Gasteiger partial charge in [0, 0.05) is 40.3 Å². The number of amides is 1. The molecule has 0 bridgehead atoms. The summed E-state index contributed by atoms with van der Waals surface area (Å²) >= 11 is 5.15. The summed E-state index contributed by atoms with van der Waals surface area (Å²) < 4.78 is 1.12. The first kappa shape index (κ1) is 17.0. The molecule has 1 amide bonds. The minimum absolute atomic E-state index is 0. The number of thiophene rings is 1. The molecule has 108 valence electrons. The van der Waals surface area contributed by atoms with E-state index >= 15 is 0 Å². The zero-order valence-electron chi connectivity index (χ0n) is 11.0. The van der Waals surface area contributed by atoms with Crippen LogP contribution in [-0.4, -0.2) is 37.0 Å². The summed E-state index contributed by atoms with van der Waals surface area (Å²) in [6.45, 7) is 1.80. The van der Waals surface area contributed by atoms with Crippen molar-refractivity contribution in [2.75, 3.05) is 20.1 Å². The molecule has 1 saturated heterocycles. The van der Waals surface area contributed by atoms with E-state index in [9.17, 15) is 4.79 Å². The minimum Gasteiger partial charge on any atom is -0.343 e. The van der Waals surface area contributed by atoms with Crippen LogP contribution in [0.2, 0.25) is 0 Å². The molecular weight excluding hydrogens is 348 g/mol. The van der Waals surface area contributed by atoms with Crippen molar-refractivity contribution in [3.63, 3.8) is 0 Å². The number of carbonyl (C=O) groups excluding carboxylic acids is 1. The topological polar surface area (TPSA) is 32.3 Å². The van der Waals surface area contributed by atoms with Crippen LogP contribution in [0.3, 0.4) is 0 Å². The molecule has 1 N–H and O–H groups in total. The maximum atomic E-state index is 12.1. The fraction of sp³-hybridized carbons (Fsp3) is 0.615. The van der Waals surface area contributed by atoms with Crippen molar-refractivity contribution in [3.8, 4) is 0 Å². The lowest BCUT2D eigenvalue weighted by Gasteiger charge is -2.31. The van der Waals surface area contributed by atoms with Gasteiger partial charge in [0.1, 0.15) is 0 Å². The summed E-state index contributed by atoms with van der Waals surface area (Å²) in [4.78, 5) is 15.4. The van der Waals surface area contributed by atoms with Gasteiger partial charge in [-0.3, -0.25) is 4.79 Å². The molecule has 1 aliphatic rings. The van der Waals surface area contributed by atoms with E-state index < -0.39 is 0 Å². The lowest BCUT2D eigenvalue weighted by atomic mass is 10.0. The largest absolute Gasteiger partial charge is 0.343 e. The van der Waals surface area contributed by atoms with E-state index in [0.717, 1.165) is 36.8 Å². The molecule has 1 aromatic heterocycles. The van der Waals surface area contributed by atoms with Crippen LogP contribution in [0.1, 0.15) is 24.1 Å². The Labute approximate surface area is 133 Å². The standard InChI is InChI=1S/C13H19BrN2OS.ClH/c1-15-11-4-6-16(7-5-11)13(17)3-2-12-8-10(14)9-18-12;/h8-9,11,15H,2-7H2,1H3;1H. The van der Waals surface area contributed by atoms with Gasteiger partial charge in [0.05, 0.1) is 0 Å². The second kappa shape index (κ2) is 8.25. The van der Waals surface area contributed by atoms with Crippen molar-refractivity contribution in [3.05, 3.63) is 20.8 Å². The first-order valence-electron chi connectivity index (χ1n) is 6.37. The van der Waals surface area contributed by atoms with Gasteiger partial charge in [-0.2, -0.15) is 0 Å². The van der Waals surface area contributed by atoms with Crippen LogP contribution in [0.25, 0.3) is 0 Å². The molecule has 0 aromatic carbocycles. The van der Waals surface area contributed by atoms with Gasteiger partial charge in [0.25, 0.3) is 0 Å². The summed E-state index contributed by atoms with van der Waals surface area (Å²) in [6, 6.07) is 2.69. The van der Waals surface area contributed by atoms with E-state index in [2.05, 4.69) is 32.7 Å². The molecule has 2 rings (SSSR count). The summed E-state index contributed by atoms with van der Waals surface area (Å²) in [7, 11) is 2.00. The van der Waals surface area contributed by atoms with Gasteiger partial charge in [-0.1, -0.05) is 0 Å². The van der Waals surface area contributed by atoms with E-state index in [1.54, 1.807) is 11.3 Å². The van der Waals surface area contributed by atoms with Crippen LogP contribution in [0.15, 0.2) is 15.9 Å². The number of halogens is 2. The number of nitrogens with one attached hydrogen (secondary N) is 1. The Bertz CT molecular complexity index is 405. The lowest BCUT2D eigenvalue weighted by Crippen LogP contribution is -2.44. The second-order valence-corrected chi connectivity index (χ2v) is 6.59. The van der Waals surface area contributed by atoms with Crippen molar-refractivity contribution in [2.24, 2.45) is 0 Å². The Morgan fingerprint density at radius 1 is 1.53 bits per heavy atom. The number of rotatable bonds is 4. The van der Waals surface area contributed by atoms with E-state index in [1.165, 1.54) is 4.88 Å². The highest BCUT2D eigenvalue weighted by molar-refractivity contribution is 9.10. The fourth-order valence-corrected chi connectivity index (χ4v) is 3.75. The van der Waals surface area contributed by atoms with Crippen LogP contribution in [0, 0.1) is 0 Å². The number of hydrogen-bond donors (Lipinski definition) is 1. The molecule has 0 saturated carbocycles. The van der Waals surface area contributed by atoms with Gasteiger partial charge in [-0.05, 0) is 48.3 Å². The van der Waals surface area contributed by atoms with Gasteiger partial charge in [-0.25, -0.2) is 0 Å². The third kappa shape index (κ3) is 5.06. The van der Waals surface area contributed by atoms with Crippen LogP contribution in [-0.2, 0) is 11.2 Å². The van der Waals surface area contributed by atoms with Crippen LogP contribution >= 0.6 is 39.7 Å². The van der Waals surface area contributed by atoms with Crippen molar-refractivity contribution in [2.45, 2.75) is 31.7 Å². The minimum atomic E-state index is 0. The number of hydrogen-bond acceptors (Lipinski definition) is 3. The third-order valence-electron chi connectivity index (χ3n) is 3.46. The number of nitrogens with zero attached hydrogens (tertiary/aromatic N) is 1. The molecule has 1 fully saturated rings. The number of likely N-dealkylation sites (tertiary alicyclic amines) is 1. The molecule has 6 heteroatoms. The van der Waals surface area contributed by atoms with Gasteiger partial charge in [-0.15, -0.1) is 23.7 Å². The number of piperidine rings is 1. The van der Waals surface area contributed by atoms with Crippen molar-refractivity contribution < 1.29 is 4.79 Å². The molecule has 0 atom stereocenters. The van der Waals surface area contributed by atoms with Gasteiger partial charge < -0.3 is 10.2 Å². The molecule has 2 heterocycles. The smallest absolute Gasteiger partial charge is 0.222 e. The first-order chi connectivity index (χ1) is 8.69. The Kier molecular flexibility index (Phi) is 7.36. The van der Waals surface area contributed by atoms with E-state index in [1.807, 2.05) is 11.9 Å². The van der Waals surface area contributed by atoms with Crippen LogP contribution in [0.4, 0.5) is 0 Å². The van der Waals surface area contributed by atoms with Crippen molar-refractivity contribution in [1.82, 2.24) is 10.2 Å². The molecule has 0 spiro atoms. The van der Waals surface area contributed by atoms with Crippen molar-refractivity contribution in [1.29, 1.82) is 0 Å². The summed E-state index contributed by atoms with van der Waals surface area (Å²) in [6.07, 6.45) is 3.65. The second-order valence-electron chi connectivity index (χ2n) is 4.67. The maximum Gasteiger partial charge on any atom is 0.222 e. The molecule has 1 aliphatic heterocycles. The average molecular weight is 368 g/mol. The monoisotopic (exact) mass is 366 g/mol. The van der Waals surface area contributed by atoms with Crippen molar-refractivity contribution >= 4 is 45.6 Å². The molecule has 0 unspecified atom stereocenters. The lowest BCUT2D eigenvalue weighted by molar-refractivity contribution is -0.132. The highest BCUT2D eigenvalue weighted by Gasteiger charge is 2.21. The normalized spacial score (nSPS) is 16.2. The van der Waals surface area contributed by atoms with Crippen LogP contribution < -0.4 is 5.32 Å². The Morgan fingerprint density at radius 2 is 2.21 bits per heavy atom. The van der Waals surface area contributed by atoms with E-state index in [4.69, 9.17) is 0 Å². The Hall–Kier alpha value is -0.100. The summed E-state index contributed by atoms with van der Waals surface area (Å²) in [5.41, 5.74) is 0. The van der Waals surface area contributed by atoms with Gasteiger partial charge >= 0.3 is 0 Å². The SMILES string of the molecule is CNC1CCN(C(=O)CCc2cc(Br)cs2)CC1.Cl. The molecular formula is C13H20BrClN2OS. The highest BCUT2D eigenvalue weighted by atomic mass is 79.9. The molecule has 0 aliphatic carbocycles. The molecule has 1 aromatic rings.